The average molecular weight is 484 g/mol. The van der Waals surface area contributed by atoms with E-state index in [0.717, 1.165) is 30.3 Å². The van der Waals surface area contributed by atoms with E-state index in [4.69, 9.17) is 9.16 Å². The molecular formula is C23H41N3O6Si. The molecule has 1 N–H and O–H groups in total. The largest absolute Gasteiger partial charge is 0.448 e. The average Bonchev–Trinajstić information content (AvgIpc) is 2.70. The second kappa shape index (κ2) is 12.3. The number of rotatable bonds is 10. The maximum Gasteiger partial charge on any atom is 0.425 e. The third kappa shape index (κ3) is 8.26. The van der Waals surface area contributed by atoms with Gasteiger partial charge in [-0.2, -0.15) is 4.57 Å². The van der Waals surface area contributed by atoms with Crippen LogP contribution in [0.4, 0.5) is 9.59 Å². The number of carbonyl (C=O) groups excluding carboxylic acids is 2. The maximum absolute atomic E-state index is 13.0. The summed E-state index contributed by atoms with van der Waals surface area (Å²) < 4.78 is 12.4. The van der Waals surface area contributed by atoms with Crippen molar-refractivity contribution in [3.8, 4) is 0 Å². The van der Waals surface area contributed by atoms with Crippen LogP contribution in [0.15, 0.2) is 15.8 Å². The van der Waals surface area contributed by atoms with Crippen molar-refractivity contribution in [2.75, 3.05) is 13.2 Å². The van der Waals surface area contributed by atoms with Gasteiger partial charge in [-0.15, -0.1) is 0 Å². The second-order valence-electron chi connectivity index (χ2n) is 10.3. The van der Waals surface area contributed by atoms with E-state index >= 15 is 0 Å². The number of hydrogen-bond acceptors (Lipinski definition) is 6. The number of carbonyl (C=O) groups is 2. The Morgan fingerprint density at radius 3 is 2.30 bits per heavy atom. The molecule has 0 fully saturated rings. The summed E-state index contributed by atoms with van der Waals surface area (Å²) in [7, 11) is -2.23. The lowest BCUT2D eigenvalue weighted by Gasteiger charge is -2.36. The molecular weight excluding hydrogens is 442 g/mol. The fourth-order valence-electron chi connectivity index (χ4n) is 2.62. The Morgan fingerprint density at radius 2 is 1.76 bits per heavy atom. The smallest absolute Gasteiger partial charge is 0.425 e. The fraction of sp³-hybridized carbons (Fsp3) is 0.739. The lowest BCUT2D eigenvalue weighted by molar-refractivity contribution is 0.132. The van der Waals surface area contributed by atoms with E-state index in [2.05, 4.69) is 33.0 Å². The van der Waals surface area contributed by atoms with Gasteiger partial charge in [-0.3, -0.25) is 4.79 Å². The van der Waals surface area contributed by atoms with E-state index in [9.17, 15) is 19.2 Å². The lowest BCUT2D eigenvalue weighted by Crippen LogP contribution is -2.50. The van der Waals surface area contributed by atoms with Gasteiger partial charge in [-0.1, -0.05) is 60.8 Å². The SMILES string of the molecule is CCCCCCNC(=O)n1cc(CO[Si](C)(C)C(C)(C)C)c(=O)n(C(=O)OCC(C)C)c1=O. The number of ether oxygens (including phenoxy) is 1. The number of aromatic nitrogens is 2. The third-order valence-corrected chi connectivity index (χ3v) is 10.3. The van der Waals surface area contributed by atoms with Crippen LogP contribution in [-0.4, -0.2) is 42.7 Å². The third-order valence-electron chi connectivity index (χ3n) is 5.80. The molecule has 0 aromatic carbocycles. The summed E-state index contributed by atoms with van der Waals surface area (Å²) in [5.41, 5.74) is -1.85. The zero-order chi connectivity index (χ0) is 25.4. The molecule has 9 nitrogen and oxygen atoms in total. The first kappa shape index (κ1) is 28.8. The highest BCUT2D eigenvalue weighted by atomic mass is 28.4. The van der Waals surface area contributed by atoms with Crippen molar-refractivity contribution in [3.05, 3.63) is 32.6 Å². The number of unbranched alkanes of at least 4 members (excludes halogenated alkanes) is 3. The molecule has 0 saturated carbocycles. The Labute approximate surface area is 197 Å². The zero-order valence-corrected chi connectivity index (χ0v) is 22.4. The molecule has 1 aromatic rings. The summed E-state index contributed by atoms with van der Waals surface area (Å²) >= 11 is 0. The number of nitrogens with one attached hydrogen (secondary N) is 1. The molecule has 10 heteroatoms. The summed E-state index contributed by atoms with van der Waals surface area (Å²) in [6.45, 7) is 16.3. The molecule has 33 heavy (non-hydrogen) atoms. The van der Waals surface area contributed by atoms with Crippen molar-refractivity contribution in [1.82, 2.24) is 14.5 Å². The molecule has 1 amide bonds. The van der Waals surface area contributed by atoms with Crippen LogP contribution in [0.25, 0.3) is 0 Å². The Hall–Kier alpha value is -2.20. The predicted octanol–water partition coefficient (Wildman–Crippen LogP) is 4.31. The molecule has 188 valence electrons. The first-order valence-corrected chi connectivity index (χ1v) is 14.6. The van der Waals surface area contributed by atoms with Crippen molar-refractivity contribution in [1.29, 1.82) is 0 Å². The molecule has 0 spiro atoms. The van der Waals surface area contributed by atoms with Crippen molar-refractivity contribution < 1.29 is 18.8 Å². The van der Waals surface area contributed by atoms with E-state index in [0.29, 0.717) is 11.1 Å². The molecule has 0 atom stereocenters. The minimum atomic E-state index is -2.23. The summed E-state index contributed by atoms with van der Waals surface area (Å²) in [5.74, 6) is 0.0170. The first-order valence-electron chi connectivity index (χ1n) is 11.7. The maximum atomic E-state index is 13.0. The van der Waals surface area contributed by atoms with Crippen LogP contribution >= 0.6 is 0 Å². The topological polar surface area (TPSA) is 109 Å². The van der Waals surface area contributed by atoms with Crippen molar-refractivity contribution >= 4 is 20.4 Å². The highest BCUT2D eigenvalue weighted by Gasteiger charge is 2.37. The summed E-state index contributed by atoms with van der Waals surface area (Å²) in [6.07, 6.45) is 3.92. The summed E-state index contributed by atoms with van der Waals surface area (Å²) in [4.78, 5) is 51.2. The van der Waals surface area contributed by atoms with E-state index in [1.165, 1.54) is 6.20 Å². The predicted molar refractivity (Wildman–Crippen MR) is 131 cm³/mol. The van der Waals surface area contributed by atoms with Gasteiger partial charge in [-0.25, -0.2) is 19.0 Å². The summed E-state index contributed by atoms with van der Waals surface area (Å²) in [6, 6.07) is -0.699. The van der Waals surface area contributed by atoms with Gasteiger partial charge in [0.2, 0.25) is 0 Å². The molecule has 1 rings (SSSR count). The van der Waals surface area contributed by atoms with Gasteiger partial charge < -0.3 is 14.5 Å². The van der Waals surface area contributed by atoms with Crippen LogP contribution < -0.4 is 16.6 Å². The molecule has 0 aliphatic carbocycles. The molecule has 1 aromatic heterocycles. The molecule has 1 heterocycles. The van der Waals surface area contributed by atoms with Gasteiger partial charge in [0.05, 0.1) is 18.8 Å². The highest BCUT2D eigenvalue weighted by Crippen LogP contribution is 2.36. The normalized spacial score (nSPS) is 12.2. The minimum Gasteiger partial charge on any atom is -0.448 e. The molecule has 0 unspecified atom stereocenters. The Kier molecular flexibility index (Phi) is 10.8. The van der Waals surface area contributed by atoms with E-state index < -0.39 is 31.7 Å². The fourth-order valence-corrected chi connectivity index (χ4v) is 3.57. The van der Waals surface area contributed by atoms with Gasteiger partial charge in [0, 0.05) is 12.7 Å². The number of nitrogens with zero attached hydrogens (tertiary/aromatic N) is 2. The first-order chi connectivity index (χ1) is 15.2. The van der Waals surface area contributed by atoms with Gasteiger partial charge in [0.25, 0.3) is 5.56 Å². The van der Waals surface area contributed by atoms with Crippen LogP contribution in [0.5, 0.6) is 0 Å². The standard InChI is InChI=1S/C23H41N3O6Si/c1-9-10-11-12-13-24-20(28)25-14-18(16-32-33(7,8)23(4,5)6)19(27)26(21(25)29)22(30)31-15-17(2)3/h14,17H,9-13,15-16H2,1-8H3,(H,24,28). The van der Waals surface area contributed by atoms with E-state index in [1.54, 1.807) is 0 Å². The molecule has 0 aliphatic rings. The molecule has 0 bridgehead atoms. The Morgan fingerprint density at radius 1 is 1.12 bits per heavy atom. The van der Waals surface area contributed by atoms with Gasteiger partial charge in [0.1, 0.15) is 0 Å². The minimum absolute atomic E-state index is 0.0170. The highest BCUT2D eigenvalue weighted by molar-refractivity contribution is 6.74. The molecule has 0 aliphatic heterocycles. The number of amides is 1. The van der Waals surface area contributed by atoms with Crippen molar-refractivity contribution in [2.24, 2.45) is 5.92 Å². The quantitative estimate of drug-likeness (QED) is 0.392. The molecule has 0 radical (unpaired) electrons. The van der Waals surface area contributed by atoms with Crippen molar-refractivity contribution in [3.63, 3.8) is 0 Å². The van der Waals surface area contributed by atoms with Crippen LogP contribution in [0, 0.1) is 5.92 Å². The second-order valence-corrected chi connectivity index (χ2v) is 15.1. The van der Waals surface area contributed by atoms with E-state index in [-0.39, 0.29) is 29.7 Å². The van der Waals surface area contributed by atoms with Crippen LogP contribution in [0.1, 0.15) is 72.8 Å². The monoisotopic (exact) mass is 483 g/mol. The van der Waals surface area contributed by atoms with E-state index in [1.807, 2.05) is 26.9 Å². The summed E-state index contributed by atoms with van der Waals surface area (Å²) in [5, 5.41) is 2.58. The molecule has 0 saturated heterocycles. The lowest BCUT2D eigenvalue weighted by atomic mass is 10.2. The van der Waals surface area contributed by atoms with Crippen LogP contribution in [0.3, 0.4) is 0 Å². The number of hydrogen-bond donors (Lipinski definition) is 1. The Bertz CT molecular complexity index is 928. The van der Waals surface area contributed by atoms with Crippen LogP contribution in [0.2, 0.25) is 18.1 Å². The van der Waals surface area contributed by atoms with Crippen LogP contribution in [-0.2, 0) is 15.8 Å². The Balaban J connectivity index is 3.32. The van der Waals surface area contributed by atoms with Gasteiger partial charge in [-0.05, 0) is 30.5 Å². The van der Waals surface area contributed by atoms with Gasteiger partial charge >= 0.3 is 17.8 Å². The van der Waals surface area contributed by atoms with Gasteiger partial charge in [0.15, 0.2) is 8.32 Å². The zero-order valence-electron chi connectivity index (χ0n) is 21.4. The van der Waals surface area contributed by atoms with Crippen molar-refractivity contribution in [2.45, 2.75) is 92.0 Å².